The second-order valence-electron chi connectivity index (χ2n) is 6.17. The Bertz CT molecular complexity index is 781. The van der Waals surface area contributed by atoms with Gasteiger partial charge in [-0.15, -0.1) is 0 Å². The standard InChI is InChI=1S/C18H23FN6/c1-12-13(2)25(14(3)16-5-4-6-17(19)24-16)11-21-18(12)20-8-7-15-9-22-23-10-15/h4-6,9-10,14H,7-8,11H2,1-3H3,(H,20,21)(H,22,23). The molecule has 2 aromatic heterocycles. The quantitative estimate of drug-likeness (QED) is 0.820. The molecule has 6 nitrogen and oxygen atoms in total. The number of allylic oxidation sites excluding steroid dienone is 1. The van der Waals surface area contributed by atoms with Crippen molar-refractivity contribution in [2.45, 2.75) is 33.2 Å². The highest BCUT2D eigenvalue weighted by Gasteiger charge is 2.23. The van der Waals surface area contributed by atoms with Gasteiger partial charge in [-0.2, -0.15) is 9.49 Å². The van der Waals surface area contributed by atoms with Crippen molar-refractivity contribution in [2.24, 2.45) is 4.99 Å². The Labute approximate surface area is 146 Å². The maximum absolute atomic E-state index is 13.4. The smallest absolute Gasteiger partial charge is 0.213 e. The molecule has 0 saturated carbocycles. The molecule has 0 fully saturated rings. The van der Waals surface area contributed by atoms with Gasteiger partial charge in [0.1, 0.15) is 12.5 Å². The lowest BCUT2D eigenvalue weighted by Gasteiger charge is -2.34. The third kappa shape index (κ3) is 3.87. The van der Waals surface area contributed by atoms with E-state index in [2.05, 4.69) is 44.2 Å². The summed E-state index contributed by atoms with van der Waals surface area (Å²) in [6.07, 6.45) is 4.61. The summed E-state index contributed by atoms with van der Waals surface area (Å²) >= 11 is 0. The molecule has 1 aliphatic rings. The summed E-state index contributed by atoms with van der Waals surface area (Å²) in [5, 5.41) is 10.2. The van der Waals surface area contributed by atoms with E-state index < -0.39 is 5.95 Å². The van der Waals surface area contributed by atoms with Crippen molar-refractivity contribution in [1.82, 2.24) is 25.4 Å². The molecule has 3 rings (SSSR count). The summed E-state index contributed by atoms with van der Waals surface area (Å²) in [5.41, 5.74) is 4.09. The Balaban J connectivity index is 1.65. The van der Waals surface area contributed by atoms with E-state index in [-0.39, 0.29) is 6.04 Å². The highest BCUT2D eigenvalue weighted by Crippen LogP contribution is 2.27. The monoisotopic (exact) mass is 342 g/mol. The van der Waals surface area contributed by atoms with Gasteiger partial charge in [-0.05, 0) is 44.9 Å². The average molecular weight is 342 g/mol. The highest BCUT2D eigenvalue weighted by molar-refractivity contribution is 5.98. The van der Waals surface area contributed by atoms with Gasteiger partial charge in [0.2, 0.25) is 5.95 Å². The number of nitrogens with one attached hydrogen (secondary N) is 2. The number of hydrogen-bond acceptors (Lipinski definition) is 5. The number of amidine groups is 1. The fraction of sp³-hybridized carbons (Fsp3) is 0.389. The van der Waals surface area contributed by atoms with Gasteiger partial charge >= 0.3 is 0 Å². The molecule has 0 aromatic carbocycles. The van der Waals surface area contributed by atoms with Gasteiger partial charge in [0.05, 0.1) is 17.9 Å². The van der Waals surface area contributed by atoms with E-state index in [0.29, 0.717) is 12.4 Å². The van der Waals surface area contributed by atoms with Crippen LogP contribution in [0.15, 0.2) is 46.9 Å². The van der Waals surface area contributed by atoms with E-state index in [4.69, 9.17) is 0 Å². The van der Waals surface area contributed by atoms with Crippen molar-refractivity contribution in [3.63, 3.8) is 0 Å². The van der Waals surface area contributed by atoms with Crippen molar-refractivity contribution in [1.29, 1.82) is 0 Å². The van der Waals surface area contributed by atoms with Crippen LogP contribution in [0.3, 0.4) is 0 Å². The molecule has 1 atom stereocenters. The number of halogens is 1. The minimum atomic E-state index is -0.454. The first kappa shape index (κ1) is 17.1. The van der Waals surface area contributed by atoms with Crippen molar-refractivity contribution >= 4 is 5.84 Å². The number of nitrogens with zero attached hydrogens (tertiary/aromatic N) is 4. The first-order chi connectivity index (χ1) is 12.1. The number of aliphatic imine (C=N–C) groups is 1. The van der Waals surface area contributed by atoms with E-state index in [0.717, 1.165) is 35.6 Å². The molecule has 25 heavy (non-hydrogen) atoms. The third-order valence-corrected chi connectivity index (χ3v) is 4.60. The van der Waals surface area contributed by atoms with Crippen LogP contribution in [0.1, 0.15) is 38.1 Å². The van der Waals surface area contributed by atoms with Crippen LogP contribution >= 0.6 is 0 Å². The lowest BCUT2D eigenvalue weighted by Crippen LogP contribution is -2.37. The van der Waals surface area contributed by atoms with Crippen molar-refractivity contribution in [2.75, 3.05) is 13.2 Å². The Hall–Kier alpha value is -2.70. The normalized spacial score (nSPS) is 16.0. The van der Waals surface area contributed by atoms with E-state index in [9.17, 15) is 4.39 Å². The predicted molar refractivity (Wildman–Crippen MR) is 95.4 cm³/mol. The van der Waals surface area contributed by atoms with Crippen LogP contribution < -0.4 is 5.32 Å². The second-order valence-corrected chi connectivity index (χ2v) is 6.17. The summed E-state index contributed by atoms with van der Waals surface area (Å²) in [4.78, 5) is 10.8. The molecule has 0 spiro atoms. The zero-order chi connectivity index (χ0) is 17.8. The fourth-order valence-electron chi connectivity index (χ4n) is 2.92. The van der Waals surface area contributed by atoms with Gasteiger partial charge in [0.25, 0.3) is 0 Å². The number of pyridine rings is 1. The van der Waals surface area contributed by atoms with Crippen molar-refractivity contribution in [3.8, 4) is 0 Å². The molecule has 2 N–H and O–H groups in total. The van der Waals surface area contributed by atoms with Crippen LogP contribution in [0.4, 0.5) is 4.39 Å². The van der Waals surface area contributed by atoms with Gasteiger partial charge in [-0.1, -0.05) is 6.07 Å². The highest BCUT2D eigenvalue weighted by atomic mass is 19.1. The van der Waals surface area contributed by atoms with E-state index in [1.807, 2.05) is 25.4 Å². The Kier molecular flexibility index (Phi) is 5.11. The molecule has 7 heteroatoms. The molecule has 1 aliphatic heterocycles. The van der Waals surface area contributed by atoms with Crippen LogP contribution in [-0.2, 0) is 6.42 Å². The molecular formula is C18H23FN6. The molecule has 1 unspecified atom stereocenters. The van der Waals surface area contributed by atoms with Crippen LogP contribution in [0.2, 0.25) is 0 Å². The van der Waals surface area contributed by atoms with Crippen molar-refractivity contribution in [3.05, 3.63) is 59.1 Å². The average Bonchev–Trinajstić information content (AvgIpc) is 3.12. The second kappa shape index (κ2) is 7.46. The molecule has 132 valence electrons. The number of aromatic amines is 1. The molecule has 0 radical (unpaired) electrons. The summed E-state index contributed by atoms with van der Waals surface area (Å²) in [7, 11) is 0. The lowest BCUT2D eigenvalue weighted by molar-refractivity contribution is 0.268. The zero-order valence-electron chi connectivity index (χ0n) is 14.8. The number of aromatic nitrogens is 3. The summed E-state index contributed by atoms with van der Waals surface area (Å²) in [5.74, 6) is 0.460. The van der Waals surface area contributed by atoms with Crippen molar-refractivity contribution < 1.29 is 4.39 Å². The van der Waals surface area contributed by atoms with Crippen LogP contribution in [0.25, 0.3) is 0 Å². The fourth-order valence-corrected chi connectivity index (χ4v) is 2.92. The topological polar surface area (TPSA) is 69.2 Å². The predicted octanol–water partition coefficient (Wildman–Crippen LogP) is 2.80. The minimum absolute atomic E-state index is 0.0399. The maximum atomic E-state index is 13.4. The summed E-state index contributed by atoms with van der Waals surface area (Å²) in [6.45, 7) is 7.46. The van der Waals surface area contributed by atoms with Crippen LogP contribution in [0.5, 0.6) is 0 Å². The Morgan fingerprint density at radius 1 is 1.36 bits per heavy atom. The van der Waals surface area contributed by atoms with E-state index in [1.54, 1.807) is 6.07 Å². The summed E-state index contributed by atoms with van der Waals surface area (Å²) in [6, 6.07) is 4.86. The third-order valence-electron chi connectivity index (χ3n) is 4.60. The minimum Gasteiger partial charge on any atom is -0.370 e. The van der Waals surface area contributed by atoms with Crippen LogP contribution in [0, 0.1) is 5.95 Å². The van der Waals surface area contributed by atoms with E-state index >= 15 is 0 Å². The largest absolute Gasteiger partial charge is 0.370 e. The van der Waals surface area contributed by atoms with Gasteiger partial charge in [-0.25, -0.2) is 9.98 Å². The first-order valence-electron chi connectivity index (χ1n) is 8.39. The van der Waals surface area contributed by atoms with Gasteiger partial charge in [0.15, 0.2) is 0 Å². The molecule has 0 saturated heterocycles. The van der Waals surface area contributed by atoms with E-state index in [1.165, 1.54) is 6.07 Å². The van der Waals surface area contributed by atoms with Gasteiger partial charge in [0, 0.05) is 24.0 Å². The maximum Gasteiger partial charge on any atom is 0.213 e. The SMILES string of the molecule is CC1=C(C)N(C(C)c2cccc(F)n2)CN=C1NCCc1cn[nH]c1. The molecule has 0 aliphatic carbocycles. The molecular weight excluding hydrogens is 319 g/mol. The number of H-pyrrole nitrogens is 1. The zero-order valence-corrected chi connectivity index (χ0v) is 14.8. The summed E-state index contributed by atoms with van der Waals surface area (Å²) < 4.78 is 13.4. The first-order valence-corrected chi connectivity index (χ1v) is 8.39. The van der Waals surface area contributed by atoms with Gasteiger partial charge in [-0.3, -0.25) is 5.10 Å². The number of rotatable bonds is 5. The van der Waals surface area contributed by atoms with Gasteiger partial charge < -0.3 is 10.2 Å². The molecule has 0 amide bonds. The lowest BCUT2D eigenvalue weighted by atomic mass is 10.1. The van der Waals surface area contributed by atoms with Crippen LogP contribution in [-0.4, -0.2) is 39.1 Å². The molecule has 0 bridgehead atoms. The number of hydrogen-bond donors (Lipinski definition) is 2. The Morgan fingerprint density at radius 2 is 2.20 bits per heavy atom. The molecule has 2 aromatic rings. The Morgan fingerprint density at radius 3 is 2.92 bits per heavy atom. The molecule has 3 heterocycles.